The Morgan fingerprint density at radius 2 is 1.68 bits per heavy atom. The number of esters is 1. The number of amides is 1. The maximum atomic E-state index is 12.8. The molecule has 3 rings (SSSR count). The monoisotopic (exact) mass is 337 g/mol. The quantitative estimate of drug-likeness (QED) is 0.798. The highest BCUT2D eigenvalue weighted by Gasteiger charge is 2.28. The normalized spacial score (nSPS) is 15.0. The summed E-state index contributed by atoms with van der Waals surface area (Å²) in [6, 6.07) is 17.8. The number of carbonyl (C=O) groups is 2. The van der Waals surface area contributed by atoms with Gasteiger partial charge in [0.25, 0.3) is 5.91 Å². The molecule has 0 unspecified atom stereocenters. The lowest BCUT2D eigenvalue weighted by Crippen LogP contribution is -2.40. The summed E-state index contributed by atoms with van der Waals surface area (Å²) >= 11 is 0. The topological polar surface area (TPSA) is 46.6 Å². The molecule has 2 aromatic carbocycles. The van der Waals surface area contributed by atoms with Gasteiger partial charge in [0.1, 0.15) is 0 Å². The second-order valence-corrected chi connectivity index (χ2v) is 6.27. The highest BCUT2D eigenvalue weighted by molar-refractivity contribution is 5.95. The standard InChI is InChI=1S/C21H23NO3/c1-2-25-21(24)17-11-13-22(14-12-17)20(23)19-10-6-9-18(15-19)16-7-4-3-5-8-16/h3-10,15,17H,2,11-14H2,1H3. The van der Waals surface area contributed by atoms with E-state index >= 15 is 0 Å². The molecule has 4 heteroatoms. The molecule has 0 aliphatic carbocycles. The second-order valence-electron chi connectivity index (χ2n) is 6.27. The Hall–Kier alpha value is -2.62. The summed E-state index contributed by atoms with van der Waals surface area (Å²) < 4.78 is 5.08. The fraction of sp³-hybridized carbons (Fsp3) is 0.333. The molecule has 1 saturated heterocycles. The van der Waals surface area contributed by atoms with Crippen LogP contribution in [0.15, 0.2) is 54.6 Å². The molecular weight excluding hydrogens is 314 g/mol. The number of hydrogen-bond donors (Lipinski definition) is 0. The van der Waals surface area contributed by atoms with Gasteiger partial charge in [-0.15, -0.1) is 0 Å². The molecular formula is C21H23NO3. The van der Waals surface area contributed by atoms with E-state index in [1.807, 2.05) is 66.4 Å². The molecule has 130 valence electrons. The summed E-state index contributed by atoms with van der Waals surface area (Å²) in [6.07, 6.45) is 1.34. The summed E-state index contributed by atoms with van der Waals surface area (Å²) in [6.45, 7) is 3.41. The number of rotatable bonds is 4. The van der Waals surface area contributed by atoms with Gasteiger partial charge in [0.2, 0.25) is 0 Å². The van der Waals surface area contributed by atoms with E-state index in [1.165, 1.54) is 0 Å². The predicted molar refractivity (Wildman–Crippen MR) is 97.1 cm³/mol. The van der Waals surface area contributed by atoms with Crippen molar-refractivity contribution >= 4 is 11.9 Å². The zero-order chi connectivity index (χ0) is 17.6. The zero-order valence-electron chi connectivity index (χ0n) is 14.5. The van der Waals surface area contributed by atoms with Crippen molar-refractivity contribution < 1.29 is 14.3 Å². The molecule has 1 aliphatic heterocycles. The van der Waals surface area contributed by atoms with Crippen LogP contribution in [0.2, 0.25) is 0 Å². The first-order chi connectivity index (χ1) is 12.2. The van der Waals surface area contributed by atoms with E-state index in [1.54, 1.807) is 0 Å². The van der Waals surface area contributed by atoms with Gasteiger partial charge in [-0.25, -0.2) is 0 Å². The van der Waals surface area contributed by atoms with E-state index < -0.39 is 0 Å². The van der Waals surface area contributed by atoms with Crippen LogP contribution in [0.3, 0.4) is 0 Å². The molecule has 1 heterocycles. The Labute approximate surface area is 148 Å². The number of ether oxygens (including phenoxy) is 1. The largest absolute Gasteiger partial charge is 0.466 e. The predicted octanol–water partition coefficient (Wildman–Crippen LogP) is 3.77. The minimum Gasteiger partial charge on any atom is -0.466 e. The molecule has 0 N–H and O–H groups in total. The van der Waals surface area contributed by atoms with Crippen molar-refractivity contribution in [1.29, 1.82) is 0 Å². The summed E-state index contributed by atoms with van der Waals surface area (Å²) in [4.78, 5) is 26.4. The van der Waals surface area contributed by atoms with Gasteiger partial charge in [-0.3, -0.25) is 9.59 Å². The lowest BCUT2D eigenvalue weighted by molar-refractivity contribution is -0.149. The Bertz CT molecular complexity index is 734. The molecule has 0 atom stereocenters. The molecule has 2 aromatic rings. The molecule has 0 bridgehead atoms. The van der Waals surface area contributed by atoms with Crippen molar-refractivity contribution in [1.82, 2.24) is 4.90 Å². The third kappa shape index (κ3) is 4.08. The van der Waals surface area contributed by atoms with E-state index in [-0.39, 0.29) is 17.8 Å². The molecule has 0 radical (unpaired) electrons. The van der Waals surface area contributed by atoms with Crippen molar-refractivity contribution in [3.63, 3.8) is 0 Å². The van der Waals surface area contributed by atoms with Crippen molar-refractivity contribution in [3.05, 3.63) is 60.2 Å². The van der Waals surface area contributed by atoms with Crippen LogP contribution in [0.4, 0.5) is 0 Å². The van der Waals surface area contributed by atoms with Gasteiger partial charge >= 0.3 is 5.97 Å². The van der Waals surface area contributed by atoms with Crippen LogP contribution in [0.25, 0.3) is 11.1 Å². The summed E-state index contributed by atoms with van der Waals surface area (Å²) in [5.74, 6) is -0.194. The maximum absolute atomic E-state index is 12.8. The Morgan fingerprint density at radius 1 is 1.00 bits per heavy atom. The van der Waals surface area contributed by atoms with Crippen LogP contribution in [-0.2, 0) is 9.53 Å². The van der Waals surface area contributed by atoms with Crippen molar-refractivity contribution in [2.24, 2.45) is 5.92 Å². The Kier molecular flexibility index (Phi) is 5.49. The van der Waals surface area contributed by atoms with E-state index in [4.69, 9.17) is 4.74 Å². The average Bonchev–Trinajstić information content (AvgIpc) is 2.68. The average molecular weight is 337 g/mol. The fourth-order valence-corrected chi connectivity index (χ4v) is 3.22. The lowest BCUT2D eigenvalue weighted by atomic mass is 9.96. The third-order valence-corrected chi connectivity index (χ3v) is 4.62. The number of piperidine rings is 1. The van der Waals surface area contributed by atoms with Crippen molar-refractivity contribution in [2.45, 2.75) is 19.8 Å². The Morgan fingerprint density at radius 3 is 2.36 bits per heavy atom. The van der Waals surface area contributed by atoms with E-state index in [9.17, 15) is 9.59 Å². The molecule has 1 fully saturated rings. The van der Waals surface area contributed by atoms with E-state index in [2.05, 4.69) is 0 Å². The van der Waals surface area contributed by atoms with Crippen LogP contribution >= 0.6 is 0 Å². The number of carbonyl (C=O) groups excluding carboxylic acids is 2. The molecule has 25 heavy (non-hydrogen) atoms. The highest BCUT2D eigenvalue weighted by atomic mass is 16.5. The highest BCUT2D eigenvalue weighted by Crippen LogP contribution is 2.23. The first-order valence-corrected chi connectivity index (χ1v) is 8.80. The van der Waals surface area contributed by atoms with Gasteiger partial charge in [0.15, 0.2) is 0 Å². The van der Waals surface area contributed by atoms with Crippen LogP contribution < -0.4 is 0 Å². The van der Waals surface area contributed by atoms with Crippen LogP contribution in [0.1, 0.15) is 30.1 Å². The van der Waals surface area contributed by atoms with Crippen molar-refractivity contribution in [2.75, 3.05) is 19.7 Å². The van der Waals surface area contributed by atoms with Gasteiger partial charge in [0, 0.05) is 18.7 Å². The van der Waals surface area contributed by atoms with E-state index in [0.717, 1.165) is 11.1 Å². The summed E-state index contributed by atoms with van der Waals surface area (Å²) in [5, 5.41) is 0. The maximum Gasteiger partial charge on any atom is 0.309 e. The first kappa shape index (κ1) is 17.2. The molecule has 4 nitrogen and oxygen atoms in total. The minimum absolute atomic E-state index is 0.0279. The molecule has 1 amide bonds. The van der Waals surface area contributed by atoms with Gasteiger partial charge in [-0.1, -0.05) is 42.5 Å². The Balaban J connectivity index is 1.67. The molecule has 0 saturated carbocycles. The van der Waals surface area contributed by atoms with Crippen LogP contribution in [0, 0.1) is 5.92 Å². The molecule has 1 aliphatic rings. The van der Waals surface area contributed by atoms with Gasteiger partial charge in [0.05, 0.1) is 12.5 Å². The number of nitrogens with zero attached hydrogens (tertiary/aromatic N) is 1. The SMILES string of the molecule is CCOC(=O)C1CCN(C(=O)c2cccc(-c3ccccc3)c2)CC1. The minimum atomic E-state index is -0.138. The van der Waals surface area contributed by atoms with Crippen molar-refractivity contribution in [3.8, 4) is 11.1 Å². The van der Waals surface area contributed by atoms with Gasteiger partial charge < -0.3 is 9.64 Å². The third-order valence-electron chi connectivity index (χ3n) is 4.62. The zero-order valence-corrected chi connectivity index (χ0v) is 14.5. The fourth-order valence-electron chi connectivity index (χ4n) is 3.22. The smallest absolute Gasteiger partial charge is 0.309 e. The number of benzene rings is 2. The summed E-state index contributed by atoms with van der Waals surface area (Å²) in [7, 11) is 0. The summed E-state index contributed by atoms with van der Waals surface area (Å²) in [5.41, 5.74) is 2.82. The van der Waals surface area contributed by atoms with Crippen LogP contribution in [-0.4, -0.2) is 36.5 Å². The second kappa shape index (κ2) is 7.97. The molecule has 0 spiro atoms. The van der Waals surface area contributed by atoms with E-state index in [0.29, 0.717) is 38.1 Å². The van der Waals surface area contributed by atoms with Crippen LogP contribution in [0.5, 0.6) is 0 Å². The number of hydrogen-bond acceptors (Lipinski definition) is 3. The van der Waals surface area contributed by atoms with Gasteiger partial charge in [-0.05, 0) is 43.0 Å². The number of likely N-dealkylation sites (tertiary alicyclic amines) is 1. The van der Waals surface area contributed by atoms with Gasteiger partial charge in [-0.2, -0.15) is 0 Å². The lowest BCUT2D eigenvalue weighted by Gasteiger charge is -2.31. The molecule has 0 aromatic heterocycles. The first-order valence-electron chi connectivity index (χ1n) is 8.80.